The van der Waals surface area contributed by atoms with E-state index in [2.05, 4.69) is 10.4 Å². The lowest BCUT2D eigenvalue weighted by Gasteiger charge is -2.13. The molecular formula is C18H19N3O5. The molecule has 26 heavy (non-hydrogen) atoms. The summed E-state index contributed by atoms with van der Waals surface area (Å²) in [4.78, 5) is 12.1. The van der Waals surface area contributed by atoms with E-state index in [0.717, 1.165) is 0 Å². The van der Waals surface area contributed by atoms with Gasteiger partial charge >= 0.3 is 0 Å². The monoisotopic (exact) mass is 357 g/mol. The third kappa shape index (κ3) is 3.97. The van der Waals surface area contributed by atoms with Crippen molar-refractivity contribution in [3.63, 3.8) is 0 Å². The molecule has 0 aliphatic rings. The molecule has 0 bridgehead atoms. The van der Waals surface area contributed by atoms with E-state index in [1.165, 1.54) is 4.68 Å². The van der Waals surface area contributed by atoms with Crippen molar-refractivity contribution in [1.29, 1.82) is 0 Å². The van der Waals surface area contributed by atoms with Crippen LogP contribution in [0.5, 0.6) is 17.2 Å². The molecule has 2 aromatic heterocycles. The van der Waals surface area contributed by atoms with Crippen LogP contribution in [0.15, 0.2) is 53.3 Å². The second kappa shape index (κ2) is 8.11. The first-order valence-electron chi connectivity index (χ1n) is 7.89. The summed E-state index contributed by atoms with van der Waals surface area (Å²) >= 11 is 0. The van der Waals surface area contributed by atoms with Gasteiger partial charge in [-0.1, -0.05) is 6.07 Å². The van der Waals surface area contributed by atoms with Crippen LogP contribution in [0.2, 0.25) is 0 Å². The van der Waals surface area contributed by atoms with Gasteiger partial charge < -0.3 is 23.9 Å². The topological polar surface area (TPSA) is 87.8 Å². The van der Waals surface area contributed by atoms with Crippen molar-refractivity contribution < 1.29 is 23.4 Å². The average molecular weight is 357 g/mol. The lowest BCUT2D eigenvalue weighted by Crippen LogP contribution is -2.23. The molecule has 136 valence electrons. The van der Waals surface area contributed by atoms with E-state index in [1.807, 2.05) is 0 Å². The Labute approximate surface area is 150 Å². The average Bonchev–Trinajstić information content (AvgIpc) is 3.36. The lowest BCUT2D eigenvalue weighted by atomic mass is 10.3. The Hall–Kier alpha value is -3.42. The fraction of sp³-hybridized carbons (Fsp3) is 0.222. The number of para-hydroxylation sites is 1. The molecule has 0 aliphatic carbocycles. The first-order valence-corrected chi connectivity index (χ1v) is 7.89. The fourth-order valence-corrected chi connectivity index (χ4v) is 2.32. The number of hydrogen-bond acceptors (Lipinski definition) is 6. The molecule has 1 N–H and O–H groups in total. The smallest absolute Gasteiger partial charge is 0.272 e. The zero-order valence-corrected chi connectivity index (χ0v) is 14.5. The maximum Gasteiger partial charge on any atom is 0.272 e. The third-order valence-corrected chi connectivity index (χ3v) is 3.60. The number of aromatic nitrogens is 2. The van der Waals surface area contributed by atoms with Crippen LogP contribution in [0.25, 0.3) is 0 Å². The van der Waals surface area contributed by atoms with Crippen LogP contribution in [-0.4, -0.2) is 29.9 Å². The Kier molecular flexibility index (Phi) is 5.43. The van der Waals surface area contributed by atoms with Crippen LogP contribution in [0.4, 0.5) is 0 Å². The van der Waals surface area contributed by atoms with Crippen LogP contribution >= 0.6 is 0 Å². The maximum absolute atomic E-state index is 12.1. The normalized spacial score (nSPS) is 10.4. The molecule has 3 aromatic rings. The van der Waals surface area contributed by atoms with Gasteiger partial charge in [-0.25, -0.2) is 4.68 Å². The Balaban J connectivity index is 1.61. The number of furan rings is 1. The number of nitrogens with one attached hydrogen (secondary N) is 1. The molecule has 3 rings (SSSR count). The van der Waals surface area contributed by atoms with Gasteiger partial charge in [0.25, 0.3) is 5.91 Å². The summed E-state index contributed by atoms with van der Waals surface area (Å²) in [5.41, 5.74) is 0.284. The Bertz CT molecular complexity index is 835. The number of carbonyl (C=O) groups is 1. The molecule has 0 spiro atoms. The van der Waals surface area contributed by atoms with Crippen molar-refractivity contribution in [2.24, 2.45) is 0 Å². The van der Waals surface area contributed by atoms with Gasteiger partial charge in [-0.15, -0.1) is 0 Å². The molecular weight excluding hydrogens is 338 g/mol. The van der Waals surface area contributed by atoms with E-state index in [4.69, 9.17) is 18.6 Å². The Morgan fingerprint density at radius 3 is 2.58 bits per heavy atom. The minimum absolute atomic E-state index is 0.0994. The molecule has 8 heteroatoms. The largest absolute Gasteiger partial charge is 0.493 e. The zero-order chi connectivity index (χ0) is 18.4. The van der Waals surface area contributed by atoms with Gasteiger partial charge in [-0.05, 0) is 30.3 Å². The van der Waals surface area contributed by atoms with E-state index >= 15 is 0 Å². The van der Waals surface area contributed by atoms with Crippen molar-refractivity contribution in [3.05, 3.63) is 60.3 Å². The highest BCUT2D eigenvalue weighted by atomic mass is 16.5. The van der Waals surface area contributed by atoms with Gasteiger partial charge in [0, 0.05) is 6.20 Å². The molecule has 8 nitrogen and oxygen atoms in total. The van der Waals surface area contributed by atoms with Crippen LogP contribution in [0.3, 0.4) is 0 Å². The van der Waals surface area contributed by atoms with Crippen LogP contribution < -0.4 is 19.5 Å². The second-order valence-corrected chi connectivity index (χ2v) is 5.27. The lowest BCUT2D eigenvalue weighted by molar-refractivity contribution is 0.0940. The van der Waals surface area contributed by atoms with Crippen LogP contribution in [0.1, 0.15) is 16.2 Å². The van der Waals surface area contributed by atoms with Crippen molar-refractivity contribution >= 4 is 5.91 Å². The molecule has 0 saturated carbocycles. The summed E-state index contributed by atoms with van der Waals surface area (Å²) in [7, 11) is 3.11. The predicted octanol–water partition coefficient (Wildman–Crippen LogP) is 2.46. The third-order valence-electron chi connectivity index (χ3n) is 3.60. The van der Waals surface area contributed by atoms with Crippen molar-refractivity contribution in [2.75, 3.05) is 14.2 Å². The number of methoxy groups -OCH3 is 2. The fourth-order valence-electron chi connectivity index (χ4n) is 2.32. The standard InChI is InChI=1S/C18H19N3O5/c1-23-15-6-3-7-16(24-2)17(15)26-12-21-9-8-14(20-21)18(22)19-11-13-5-4-10-25-13/h3-10H,11-12H2,1-2H3,(H,19,22). The predicted molar refractivity (Wildman–Crippen MR) is 92.3 cm³/mol. The molecule has 1 aromatic carbocycles. The molecule has 2 heterocycles. The van der Waals surface area contributed by atoms with E-state index < -0.39 is 0 Å². The van der Waals surface area contributed by atoms with Gasteiger partial charge in [-0.3, -0.25) is 4.79 Å². The number of rotatable bonds is 8. The summed E-state index contributed by atoms with van der Waals surface area (Å²) in [6.07, 6.45) is 3.21. The summed E-state index contributed by atoms with van der Waals surface area (Å²) in [5, 5.41) is 6.94. The van der Waals surface area contributed by atoms with Gasteiger partial charge in [-0.2, -0.15) is 5.10 Å². The van der Waals surface area contributed by atoms with Gasteiger partial charge in [0.2, 0.25) is 5.75 Å². The number of ether oxygens (including phenoxy) is 3. The van der Waals surface area contributed by atoms with Crippen molar-refractivity contribution in [2.45, 2.75) is 13.3 Å². The quantitative estimate of drug-likeness (QED) is 0.666. The molecule has 0 unspecified atom stereocenters. The van der Waals surface area contributed by atoms with E-state index in [-0.39, 0.29) is 18.3 Å². The summed E-state index contributed by atoms with van der Waals surface area (Å²) in [5.74, 6) is 1.94. The SMILES string of the molecule is COc1cccc(OC)c1OCn1ccc(C(=O)NCc2ccco2)n1. The Morgan fingerprint density at radius 2 is 1.92 bits per heavy atom. The number of carbonyl (C=O) groups excluding carboxylic acids is 1. The number of amides is 1. The number of benzene rings is 1. The zero-order valence-electron chi connectivity index (χ0n) is 14.5. The van der Waals surface area contributed by atoms with Gasteiger partial charge in [0.1, 0.15) is 11.5 Å². The highest BCUT2D eigenvalue weighted by Crippen LogP contribution is 2.36. The molecule has 0 fully saturated rings. The van der Waals surface area contributed by atoms with Gasteiger partial charge in [0.05, 0.1) is 27.0 Å². The summed E-state index contributed by atoms with van der Waals surface area (Å²) < 4.78 is 23.0. The molecule has 0 aliphatic heterocycles. The summed E-state index contributed by atoms with van der Waals surface area (Å²) in [6.45, 7) is 0.399. The number of nitrogens with zero attached hydrogens (tertiary/aromatic N) is 2. The molecule has 1 amide bonds. The van der Waals surface area contributed by atoms with Gasteiger partial charge in [0.15, 0.2) is 18.2 Å². The van der Waals surface area contributed by atoms with Crippen molar-refractivity contribution in [3.8, 4) is 17.2 Å². The first-order chi connectivity index (χ1) is 12.7. The van der Waals surface area contributed by atoms with Crippen LogP contribution in [-0.2, 0) is 13.3 Å². The molecule has 0 radical (unpaired) electrons. The second-order valence-electron chi connectivity index (χ2n) is 5.27. The van der Waals surface area contributed by atoms with Crippen molar-refractivity contribution in [1.82, 2.24) is 15.1 Å². The van der Waals surface area contributed by atoms with E-state index in [1.54, 1.807) is 63.1 Å². The van der Waals surface area contributed by atoms with E-state index in [9.17, 15) is 4.79 Å². The molecule has 0 atom stereocenters. The highest BCUT2D eigenvalue weighted by molar-refractivity contribution is 5.92. The first kappa shape index (κ1) is 17.4. The highest BCUT2D eigenvalue weighted by Gasteiger charge is 2.13. The number of hydrogen-bond donors (Lipinski definition) is 1. The Morgan fingerprint density at radius 1 is 1.15 bits per heavy atom. The minimum Gasteiger partial charge on any atom is -0.493 e. The maximum atomic E-state index is 12.1. The molecule has 0 saturated heterocycles. The summed E-state index contributed by atoms with van der Waals surface area (Å²) in [6, 6.07) is 10.5. The minimum atomic E-state index is -0.296. The van der Waals surface area contributed by atoms with E-state index in [0.29, 0.717) is 29.6 Å². The van der Waals surface area contributed by atoms with Crippen LogP contribution in [0, 0.1) is 0 Å².